The van der Waals surface area contributed by atoms with Gasteiger partial charge in [-0.25, -0.2) is 0 Å². The molecule has 5 nitrogen and oxygen atoms in total. The highest BCUT2D eigenvalue weighted by Gasteiger charge is 2.14. The van der Waals surface area contributed by atoms with Crippen LogP contribution >= 0.6 is 27.5 Å². The Labute approximate surface area is 187 Å². The second kappa shape index (κ2) is 8.50. The molecular weight excluding hydrogens is 464 g/mol. The number of carbonyl (C=O) groups excluding carboxylic acids is 1. The van der Waals surface area contributed by atoms with Crippen molar-refractivity contribution in [2.45, 2.75) is 13.3 Å². The van der Waals surface area contributed by atoms with Crippen LogP contribution in [0.3, 0.4) is 0 Å². The molecule has 0 unspecified atom stereocenters. The largest absolute Gasteiger partial charge is 0.294 e. The van der Waals surface area contributed by atoms with E-state index in [-0.39, 0.29) is 12.2 Å². The highest BCUT2D eigenvalue weighted by atomic mass is 79.9. The van der Waals surface area contributed by atoms with Crippen LogP contribution in [-0.4, -0.2) is 25.5 Å². The smallest absolute Gasteiger partial charge is 0.170 e. The summed E-state index contributed by atoms with van der Waals surface area (Å²) in [6.07, 6.45) is 9.02. The van der Waals surface area contributed by atoms with Gasteiger partial charge in [-0.05, 0) is 52.2 Å². The van der Waals surface area contributed by atoms with E-state index in [0.717, 1.165) is 32.3 Å². The first kappa shape index (κ1) is 20.4. The third-order valence-corrected chi connectivity index (χ3v) is 6.07. The Bertz CT molecular complexity index is 1230. The van der Waals surface area contributed by atoms with E-state index in [1.165, 1.54) is 0 Å². The second-order valence-corrected chi connectivity index (χ2v) is 8.29. The lowest BCUT2D eigenvalue weighted by atomic mass is 10.0. The van der Waals surface area contributed by atoms with Gasteiger partial charge in [0.1, 0.15) is 0 Å². The van der Waals surface area contributed by atoms with Crippen LogP contribution in [0.1, 0.15) is 21.6 Å². The highest BCUT2D eigenvalue weighted by Crippen LogP contribution is 2.32. The molecule has 0 aliphatic carbocycles. The molecule has 0 saturated carbocycles. The molecule has 0 aliphatic rings. The van der Waals surface area contributed by atoms with Crippen LogP contribution in [0, 0.1) is 6.92 Å². The molecule has 0 spiro atoms. The summed E-state index contributed by atoms with van der Waals surface area (Å²) in [7, 11) is 1.88. The van der Waals surface area contributed by atoms with Gasteiger partial charge >= 0.3 is 0 Å². The Kier molecular flexibility index (Phi) is 5.79. The van der Waals surface area contributed by atoms with Crippen molar-refractivity contribution in [1.82, 2.24) is 19.7 Å². The number of benzene rings is 1. The zero-order valence-corrected chi connectivity index (χ0v) is 18.8. The fourth-order valence-electron chi connectivity index (χ4n) is 3.23. The molecular formula is C23H18BrClN4O. The first-order valence-electron chi connectivity index (χ1n) is 9.29. The van der Waals surface area contributed by atoms with Crippen molar-refractivity contribution in [3.05, 3.63) is 87.6 Å². The SMILES string of the molecule is Cc1c(Br)cncc1C(=O)Cc1ccc(-c2cc(-c3cnn(C)c3)ccc2Cl)cn1. The zero-order chi connectivity index (χ0) is 21.3. The van der Waals surface area contributed by atoms with E-state index >= 15 is 0 Å². The molecule has 150 valence electrons. The van der Waals surface area contributed by atoms with E-state index in [4.69, 9.17) is 11.6 Å². The predicted octanol–water partition coefficient (Wildman–Crippen LogP) is 5.69. The molecule has 0 N–H and O–H groups in total. The van der Waals surface area contributed by atoms with Gasteiger partial charge in [0.2, 0.25) is 0 Å². The minimum absolute atomic E-state index is 0.0156. The lowest BCUT2D eigenvalue weighted by molar-refractivity contribution is 0.0991. The maximum atomic E-state index is 12.7. The van der Waals surface area contributed by atoms with Gasteiger partial charge in [0.05, 0.1) is 12.6 Å². The van der Waals surface area contributed by atoms with E-state index in [1.54, 1.807) is 23.3 Å². The van der Waals surface area contributed by atoms with Crippen molar-refractivity contribution in [3.8, 4) is 22.3 Å². The molecule has 0 saturated heterocycles. The summed E-state index contributed by atoms with van der Waals surface area (Å²) >= 11 is 9.86. The number of hydrogen-bond donors (Lipinski definition) is 0. The zero-order valence-electron chi connectivity index (χ0n) is 16.4. The Morgan fingerprint density at radius 3 is 2.57 bits per heavy atom. The molecule has 0 bridgehead atoms. The molecule has 3 heterocycles. The summed E-state index contributed by atoms with van der Waals surface area (Å²) in [5.41, 5.74) is 6.00. The number of pyridine rings is 2. The quantitative estimate of drug-likeness (QED) is 0.343. The molecule has 0 aliphatic heterocycles. The van der Waals surface area contributed by atoms with Gasteiger partial charge in [-0.1, -0.05) is 23.7 Å². The normalized spacial score (nSPS) is 10.9. The van der Waals surface area contributed by atoms with Crippen molar-refractivity contribution in [2.24, 2.45) is 7.05 Å². The van der Waals surface area contributed by atoms with Crippen molar-refractivity contribution in [2.75, 3.05) is 0 Å². The molecule has 4 aromatic rings. The Morgan fingerprint density at radius 1 is 1.07 bits per heavy atom. The molecule has 7 heteroatoms. The fraction of sp³-hybridized carbons (Fsp3) is 0.130. The molecule has 0 amide bonds. The minimum Gasteiger partial charge on any atom is -0.294 e. The van der Waals surface area contributed by atoms with Crippen molar-refractivity contribution in [3.63, 3.8) is 0 Å². The molecule has 0 atom stereocenters. The van der Waals surface area contributed by atoms with E-state index in [2.05, 4.69) is 31.0 Å². The molecule has 0 radical (unpaired) electrons. The number of aromatic nitrogens is 4. The van der Waals surface area contributed by atoms with Crippen molar-refractivity contribution >= 4 is 33.3 Å². The van der Waals surface area contributed by atoms with Crippen molar-refractivity contribution in [1.29, 1.82) is 0 Å². The van der Waals surface area contributed by atoms with Crippen LogP contribution in [-0.2, 0) is 13.5 Å². The van der Waals surface area contributed by atoms with Crippen LogP contribution in [0.15, 0.2) is 65.8 Å². The number of nitrogens with zero attached hydrogens (tertiary/aromatic N) is 4. The van der Waals surface area contributed by atoms with Crippen molar-refractivity contribution < 1.29 is 4.79 Å². The summed E-state index contributed by atoms with van der Waals surface area (Å²) in [5, 5.41) is 4.87. The predicted molar refractivity (Wildman–Crippen MR) is 122 cm³/mol. The molecule has 30 heavy (non-hydrogen) atoms. The second-order valence-electron chi connectivity index (χ2n) is 7.03. The van der Waals surface area contributed by atoms with Gasteiger partial charge < -0.3 is 0 Å². The Balaban J connectivity index is 1.58. The van der Waals surface area contributed by atoms with Gasteiger partial charge in [-0.15, -0.1) is 0 Å². The number of carbonyl (C=O) groups is 1. The summed E-state index contributed by atoms with van der Waals surface area (Å²) in [4.78, 5) is 21.3. The molecule has 0 fully saturated rings. The monoisotopic (exact) mass is 480 g/mol. The lowest BCUT2D eigenvalue weighted by Crippen LogP contribution is -2.08. The summed E-state index contributed by atoms with van der Waals surface area (Å²) in [6, 6.07) is 9.67. The average molecular weight is 482 g/mol. The average Bonchev–Trinajstić information content (AvgIpc) is 3.17. The summed E-state index contributed by atoms with van der Waals surface area (Å²) in [6.45, 7) is 1.90. The first-order valence-corrected chi connectivity index (χ1v) is 10.5. The van der Waals surface area contributed by atoms with Gasteiger partial charge in [0.25, 0.3) is 0 Å². The third kappa shape index (κ3) is 4.20. The fourth-order valence-corrected chi connectivity index (χ4v) is 3.78. The number of Topliss-reactive ketones (excluding diaryl/α,β-unsaturated/α-hetero) is 1. The van der Waals surface area contributed by atoms with Crippen LogP contribution in [0.25, 0.3) is 22.3 Å². The number of aryl methyl sites for hydroxylation is 1. The first-order chi connectivity index (χ1) is 14.4. The topological polar surface area (TPSA) is 60.7 Å². The van der Waals surface area contributed by atoms with E-state index in [1.807, 2.05) is 56.7 Å². The van der Waals surface area contributed by atoms with Crippen LogP contribution in [0.2, 0.25) is 5.02 Å². The summed E-state index contributed by atoms with van der Waals surface area (Å²) in [5.74, 6) is -0.0156. The maximum absolute atomic E-state index is 12.7. The molecule has 1 aromatic carbocycles. The number of ketones is 1. The molecule has 3 aromatic heterocycles. The van der Waals surface area contributed by atoms with E-state index in [0.29, 0.717) is 16.3 Å². The highest BCUT2D eigenvalue weighted by molar-refractivity contribution is 9.10. The van der Waals surface area contributed by atoms with Gasteiger partial charge in [-0.2, -0.15) is 5.10 Å². The van der Waals surface area contributed by atoms with Gasteiger partial charge in [0.15, 0.2) is 5.78 Å². The van der Waals surface area contributed by atoms with E-state index < -0.39 is 0 Å². The number of halogens is 2. The minimum atomic E-state index is -0.0156. The van der Waals surface area contributed by atoms with E-state index in [9.17, 15) is 4.79 Å². The number of hydrogen-bond acceptors (Lipinski definition) is 4. The van der Waals surface area contributed by atoms with Gasteiger partial charge in [0, 0.05) is 69.3 Å². The third-order valence-electron chi connectivity index (χ3n) is 4.94. The standard InChI is InChI=1S/C23H18BrClN4O/c1-14-20(11-26-12-21(14)24)23(30)8-18-5-3-16(9-27-18)19-7-15(4-6-22(19)25)17-10-28-29(2)13-17/h3-7,9-13H,8H2,1-2H3. The van der Waals surface area contributed by atoms with Crippen LogP contribution < -0.4 is 0 Å². The molecule has 4 rings (SSSR count). The maximum Gasteiger partial charge on any atom is 0.170 e. The van der Waals surface area contributed by atoms with Crippen LogP contribution in [0.4, 0.5) is 0 Å². The van der Waals surface area contributed by atoms with Crippen LogP contribution in [0.5, 0.6) is 0 Å². The lowest BCUT2D eigenvalue weighted by Gasteiger charge is -2.09. The summed E-state index contributed by atoms with van der Waals surface area (Å²) < 4.78 is 2.58. The van der Waals surface area contributed by atoms with Gasteiger partial charge in [-0.3, -0.25) is 19.4 Å². The number of rotatable bonds is 5. The Morgan fingerprint density at radius 2 is 1.87 bits per heavy atom. The Hall–Kier alpha value is -2.83.